The lowest BCUT2D eigenvalue weighted by Crippen LogP contribution is -2.09. The summed E-state index contributed by atoms with van der Waals surface area (Å²) in [6.45, 7) is -0.424. The predicted octanol–water partition coefficient (Wildman–Crippen LogP) is 2.66. The highest BCUT2D eigenvalue weighted by Gasteiger charge is 2.06. The van der Waals surface area contributed by atoms with Gasteiger partial charge in [0.25, 0.3) is 0 Å². The van der Waals surface area contributed by atoms with E-state index in [1.807, 2.05) is 0 Å². The minimum absolute atomic E-state index is 0.136. The van der Waals surface area contributed by atoms with Gasteiger partial charge in [0.2, 0.25) is 0 Å². The van der Waals surface area contributed by atoms with E-state index in [1.54, 1.807) is 24.3 Å². The van der Waals surface area contributed by atoms with Crippen molar-refractivity contribution in [2.24, 2.45) is 0 Å². The molecule has 0 aliphatic heterocycles. The lowest BCUT2D eigenvalue weighted by molar-refractivity contribution is -0.139. The van der Waals surface area contributed by atoms with Gasteiger partial charge in [-0.1, -0.05) is 12.1 Å². The van der Waals surface area contributed by atoms with E-state index in [0.717, 1.165) is 6.07 Å². The van der Waals surface area contributed by atoms with E-state index in [2.05, 4.69) is 0 Å². The summed E-state index contributed by atoms with van der Waals surface area (Å²) in [5.41, 5.74) is 0.961. The van der Waals surface area contributed by atoms with Crippen molar-refractivity contribution in [2.45, 2.75) is 0 Å². The van der Waals surface area contributed by atoms with Gasteiger partial charge in [0, 0.05) is 11.6 Å². The van der Waals surface area contributed by atoms with Crippen molar-refractivity contribution in [1.82, 2.24) is 0 Å². The van der Waals surface area contributed by atoms with Crippen molar-refractivity contribution in [3.05, 3.63) is 48.3 Å². The Labute approximate surface area is 108 Å². The summed E-state index contributed by atoms with van der Waals surface area (Å²) in [7, 11) is 0. The first-order chi connectivity index (χ1) is 9.06. The summed E-state index contributed by atoms with van der Waals surface area (Å²) in [5, 5.41) is 17.6. The summed E-state index contributed by atoms with van der Waals surface area (Å²) in [4.78, 5) is 10.3. The van der Waals surface area contributed by atoms with Gasteiger partial charge in [-0.3, -0.25) is 0 Å². The quantitative estimate of drug-likeness (QED) is 0.889. The van der Waals surface area contributed by atoms with Crippen molar-refractivity contribution in [3.8, 4) is 22.6 Å². The Bertz CT molecular complexity index is 593. The zero-order chi connectivity index (χ0) is 13.8. The molecule has 2 rings (SSSR count). The fourth-order valence-electron chi connectivity index (χ4n) is 1.61. The smallest absolute Gasteiger partial charge is 0.341 e. The maximum absolute atomic E-state index is 13.6. The monoisotopic (exact) mass is 262 g/mol. The van der Waals surface area contributed by atoms with Crippen LogP contribution in [-0.4, -0.2) is 22.8 Å². The maximum Gasteiger partial charge on any atom is 0.341 e. The molecule has 0 saturated carbocycles. The van der Waals surface area contributed by atoms with Crippen LogP contribution in [0.15, 0.2) is 42.5 Å². The molecule has 0 spiro atoms. The number of carbonyl (C=O) groups is 1. The average molecular weight is 262 g/mol. The van der Waals surface area contributed by atoms with Gasteiger partial charge < -0.3 is 14.9 Å². The standard InChI is InChI=1S/C14H11FO4/c15-13-7-10(16)3-6-12(13)9-1-4-11(5-2-9)19-8-14(17)18/h1-7,16H,8H2,(H,17,18). The summed E-state index contributed by atoms with van der Waals surface area (Å²) < 4.78 is 18.6. The summed E-state index contributed by atoms with van der Waals surface area (Å²) in [6.07, 6.45) is 0. The molecule has 0 aliphatic carbocycles. The molecule has 0 aromatic heterocycles. The Morgan fingerprint density at radius 3 is 2.42 bits per heavy atom. The largest absolute Gasteiger partial charge is 0.508 e. The number of ether oxygens (including phenoxy) is 1. The van der Waals surface area contributed by atoms with E-state index in [0.29, 0.717) is 16.9 Å². The van der Waals surface area contributed by atoms with Crippen LogP contribution in [0.3, 0.4) is 0 Å². The number of carboxylic acid groups (broad SMARTS) is 1. The lowest BCUT2D eigenvalue weighted by atomic mass is 10.0. The normalized spacial score (nSPS) is 10.2. The van der Waals surface area contributed by atoms with Gasteiger partial charge in [0.05, 0.1) is 0 Å². The molecule has 0 fully saturated rings. The molecule has 19 heavy (non-hydrogen) atoms. The average Bonchev–Trinajstić information content (AvgIpc) is 2.37. The van der Waals surface area contributed by atoms with E-state index >= 15 is 0 Å². The number of aromatic hydroxyl groups is 1. The Morgan fingerprint density at radius 1 is 1.16 bits per heavy atom. The van der Waals surface area contributed by atoms with Crippen LogP contribution in [0.4, 0.5) is 4.39 Å². The number of carboxylic acids is 1. The van der Waals surface area contributed by atoms with Gasteiger partial charge in [0.1, 0.15) is 17.3 Å². The number of benzene rings is 2. The third-order valence-corrected chi connectivity index (χ3v) is 2.48. The highest BCUT2D eigenvalue weighted by atomic mass is 19.1. The summed E-state index contributed by atoms with van der Waals surface area (Å²) in [5.74, 6) is -1.33. The third-order valence-electron chi connectivity index (χ3n) is 2.48. The fourth-order valence-corrected chi connectivity index (χ4v) is 1.61. The number of halogens is 1. The van der Waals surface area contributed by atoms with E-state index in [1.165, 1.54) is 12.1 Å². The molecule has 4 nitrogen and oxygen atoms in total. The molecular formula is C14H11FO4. The molecule has 0 radical (unpaired) electrons. The zero-order valence-corrected chi connectivity index (χ0v) is 9.84. The minimum Gasteiger partial charge on any atom is -0.508 e. The molecular weight excluding hydrogens is 251 g/mol. The lowest BCUT2D eigenvalue weighted by Gasteiger charge is -2.06. The molecule has 0 unspecified atom stereocenters. The van der Waals surface area contributed by atoms with Crippen molar-refractivity contribution in [2.75, 3.05) is 6.61 Å². The summed E-state index contributed by atoms with van der Waals surface area (Å²) >= 11 is 0. The van der Waals surface area contributed by atoms with E-state index in [4.69, 9.17) is 14.9 Å². The molecule has 5 heteroatoms. The van der Waals surface area contributed by atoms with Crippen LogP contribution in [0.2, 0.25) is 0 Å². The zero-order valence-electron chi connectivity index (χ0n) is 9.84. The molecule has 0 heterocycles. The molecule has 2 N–H and O–H groups in total. The van der Waals surface area contributed by atoms with Gasteiger partial charge in [-0.15, -0.1) is 0 Å². The first-order valence-electron chi connectivity index (χ1n) is 5.50. The highest BCUT2D eigenvalue weighted by molar-refractivity contribution is 5.69. The fraction of sp³-hybridized carbons (Fsp3) is 0.0714. The second-order valence-electron chi connectivity index (χ2n) is 3.87. The van der Waals surface area contributed by atoms with Crippen molar-refractivity contribution in [3.63, 3.8) is 0 Å². The Morgan fingerprint density at radius 2 is 1.84 bits per heavy atom. The molecule has 2 aromatic rings. The number of phenolic OH excluding ortho intramolecular Hbond substituents is 1. The second kappa shape index (κ2) is 5.39. The van der Waals surface area contributed by atoms with E-state index < -0.39 is 18.4 Å². The number of hydrogen-bond donors (Lipinski definition) is 2. The van der Waals surface area contributed by atoms with Crippen LogP contribution in [0.1, 0.15) is 0 Å². The molecule has 2 aromatic carbocycles. The molecule has 0 saturated heterocycles. The Kier molecular flexibility index (Phi) is 3.66. The van der Waals surface area contributed by atoms with Crippen LogP contribution in [0, 0.1) is 5.82 Å². The van der Waals surface area contributed by atoms with Crippen molar-refractivity contribution >= 4 is 5.97 Å². The third kappa shape index (κ3) is 3.22. The van der Waals surface area contributed by atoms with Crippen LogP contribution in [0.25, 0.3) is 11.1 Å². The topological polar surface area (TPSA) is 66.8 Å². The maximum atomic E-state index is 13.6. The molecule has 0 aliphatic rings. The highest BCUT2D eigenvalue weighted by Crippen LogP contribution is 2.27. The molecule has 0 atom stereocenters. The Balaban J connectivity index is 2.20. The van der Waals surface area contributed by atoms with Crippen LogP contribution < -0.4 is 4.74 Å². The number of aliphatic carboxylic acids is 1. The van der Waals surface area contributed by atoms with Crippen LogP contribution in [0.5, 0.6) is 11.5 Å². The molecule has 98 valence electrons. The minimum atomic E-state index is -1.06. The molecule has 0 amide bonds. The number of hydrogen-bond acceptors (Lipinski definition) is 3. The first-order valence-corrected chi connectivity index (χ1v) is 5.50. The van der Waals surface area contributed by atoms with E-state index in [9.17, 15) is 9.18 Å². The first kappa shape index (κ1) is 12.9. The summed E-state index contributed by atoms with van der Waals surface area (Å²) in [6, 6.07) is 10.3. The number of rotatable bonds is 4. The van der Waals surface area contributed by atoms with Crippen LogP contribution >= 0.6 is 0 Å². The SMILES string of the molecule is O=C(O)COc1ccc(-c2ccc(O)cc2F)cc1. The van der Waals surface area contributed by atoms with Gasteiger partial charge in [-0.25, -0.2) is 9.18 Å². The van der Waals surface area contributed by atoms with E-state index in [-0.39, 0.29) is 5.75 Å². The Hall–Kier alpha value is -2.56. The van der Waals surface area contributed by atoms with Gasteiger partial charge >= 0.3 is 5.97 Å². The number of phenols is 1. The van der Waals surface area contributed by atoms with Crippen LogP contribution in [-0.2, 0) is 4.79 Å². The predicted molar refractivity (Wildman–Crippen MR) is 66.6 cm³/mol. The van der Waals surface area contributed by atoms with Crippen molar-refractivity contribution < 1.29 is 24.1 Å². The molecule has 0 bridgehead atoms. The second-order valence-corrected chi connectivity index (χ2v) is 3.87. The van der Waals surface area contributed by atoms with Crippen molar-refractivity contribution in [1.29, 1.82) is 0 Å². The van der Waals surface area contributed by atoms with Gasteiger partial charge in [-0.05, 0) is 29.8 Å². The van der Waals surface area contributed by atoms with Gasteiger partial charge in [0.15, 0.2) is 6.61 Å². The van der Waals surface area contributed by atoms with Gasteiger partial charge in [-0.2, -0.15) is 0 Å².